The molecule has 0 bridgehead atoms. The summed E-state index contributed by atoms with van der Waals surface area (Å²) in [5.74, 6) is -0.962. The molecule has 0 spiro atoms. The van der Waals surface area contributed by atoms with Crippen LogP contribution in [0, 0.1) is 0 Å². The van der Waals surface area contributed by atoms with E-state index in [0.29, 0.717) is 33.3 Å². The van der Waals surface area contributed by atoms with Crippen LogP contribution in [0.1, 0.15) is 21.5 Å². The van der Waals surface area contributed by atoms with Gasteiger partial charge >= 0.3 is 6.18 Å². The zero-order valence-electron chi connectivity index (χ0n) is 20.0. The second-order valence-corrected chi connectivity index (χ2v) is 11.0. The number of aliphatic hydroxyl groups is 1. The zero-order chi connectivity index (χ0) is 27.1. The molecule has 2 aromatic carbocycles. The predicted octanol–water partition coefficient (Wildman–Crippen LogP) is 4.13. The molecule has 1 amide bonds. The van der Waals surface area contributed by atoms with Gasteiger partial charge in [0.2, 0.25) is 0 Å². The number of halogens is 3. The number of aliphatic hydroxyl groups excluding tert-OH is 1. The van der Waals surface area contributed by atoms with Crippen LogP contribution in [0.25, 0.3) is 27.8 Å². The summed E-state index contributed by atoms with van der Waals surface area (Å²) in [6.07, 6.45) is -1.37. The molecule has 13 heteroatoms. The molecule has 9 nitrogen and oxygen atoms in total. The van der Waals surface area contributed by atoms with Crippen molar-refractivity contribution in [3.05, 3.63) is 83.7 Å². The fourth-order valence-corrected chi connectivity index (χ4v) is 5.88. The molecule has 5 aromatic rings. The highest BCUT2D eigenvalue weighted by Gasteiger charge is 2.30. The summed E-state index contributed by atoms with van der Waals surface area (Å²) in [4.78, 5) is 18.4. The summed E-state index contributed by atoms with van der Waals surface area (Å²) in [5.41, 5.74) is 1.82. The van der Waals surface area contributed by atoms with Gasteiger partial charge in [0.15, 0.2) is 5.65 Å². The van der Waals surface area contributed by atoms with Gasteiger partial charge < -0.3 is 5.11 Å². The van der Waals surface area contributed by atoms with Crippen molar-refractivity contribution >= 4 is 37.7 Å². The van der Waals surface area contributed by atoms with E-state index in [4.69, 9.17) is 0 Å². The molecule has 0 unspecified atom stereocenters. The van der Waals surface area contributed by atoms with Crippen LogP contribution in [0.5, 0.6) is 0 Å². The number of carbonyl (C=O) groups excluding carboxylic acids is 1. The number of amides is 1. The van der Waals surface area contributed by atoms with Crippen molar-refractivity contribution in [3.63, 3.8) is 0 Å². The standard InChI is InChI=1S/C25H21F3N6O3S/c1-33-30-22-20-13-17(24(36)32-38(37,12-11-35)15-16-3-2-10-29-14-16)4-9-21(20)34(23(22)31-33)19-7-5-18(6-8-19)25(26,27)28/h2-10,13-14,35H,11-12,15H2,1H3/t38-/m0/s1. The van der Waals surface area contributed by atoms with Crippen molar-refractivity contribution in [1.82, 2.24) is 24.5 Å². The maximum absolute atomic E-state index is 13.4. The third-order valence-corrected chi connectivity index (χ3v) is 7.98. The first-order chi connectivity index (χ1) is 18.1. The van der Waals surface area contributed by atoms with Gasteiger partial charge in [-0.2, -0.15) is 27.4 Å². The van der Waals surface area contributed by atoms with Crippen LogP contribution in [0.15, 0.2) is 71.4 Å². The Labute approximate surface area is 214 Å². The fourth-order valence-electron chi connectivity index (χ4n) is 4.19. The third-order valence-electron chi connectivity index (χ3n) is 5.87. The maximum atomic E-state index is 13.4. The van der Waals surface area contributed by atoms with E-state index in [1.54, 1.807) is 42.1 Å². The van der Waals surface area contributed by atoms with E-state index in [1.807, 2.05) is 0 Å². The summed E-state index contributed by atoms with van der Waals surface area (Å²) >= 11 is 0. The smallest absolute Gasteiger partial charge is 0.395 e. The molecule has 0 aliphatic carbocycles. The summed E-state index contributed by atoms with van der Waals surface area (Å²) in [7, 11) is -1.52. The molecule has 0 saturated heterocycles. The molecule has 5 rings (SSSR count). The SMILES string of the molecule is Cn1nc2c3cc(C(=O)N=[S@](=O)(CCO)Cc4cccnc4)ccc3n(-c3ccc(C(F)(F)F)cc3)c2n1. The Balaban J connectivity index is 1.59. The highest BCUT2D eigenvalue weighted by molar-refractivity contribution is 7.93. The van der Waals surface area contributed by atoms with Crippen molar-refractivity contribution in [2.45, 2.75) is 11.9 Å². The lowest BCUT2D eigenvalue weighted by molar-refractivity contribution is -0.137. The number of aromatic nitrogens is 5. The van der Waals surface area contributed by atoms with E-state index in [9.17, 15) is 27.3 Å². The first-order valence-electron chi connectivity index (χ1n) is 11.4. The summed E-state index contributed by atoms with van der Waals surface area (Å²) in [6.45, 7) is -0.412. The zero-order valence-corrected chi connectivity index (χ0v) is 20.8. The van der Waals surface area contributed by atoms with Crippen molar-refractivity contribution in [3.8, 4) is 5.69 Å². The van der Waals surface area contributed by atoms with Gasteiger partial charge in [-0.3, -0.25) is 14.3 Å². The predicted molar refractivity (Wildman–Crippen MR) is 135 cm³/mol. The van der Waals surface area contributed by atoms with E-state index in [1.165, 1.54) is 29.2 Å². The molecule has 196 valence electrons. The molecule has 0 fully saturated rings. The number of alkyl halides is 3. The van der Waals surface area contributed by atoms with Gasteiger partial charge in [-0.25, -0.2) is 4.21 Å². The first-order valence-corrected chi connectivity index (χ1v) is 13.2. The maximum Gasteiger partial charge on any atom is 0.416 e. The Bertz CT molecular complexity index is 1770. The van der Waals surface area contributed by atoms with Gasteiger partial charge in [-0.1, -0.05) is 6.07 Å². The van der Waals surface area contributed by atoms with Crippen molar-refractivity contribution in [1.29, 1.82) is 0 Å². The molecule has 3 aromatic heterocycles. The third kappa shape index (κ3) is 4.89. The Kier molecular flexibility index (Phi) is 6.49. The average Bonchev–Trinajstić information content (AvgIpc) is 3.38. The lowest BCUT2D eigenvalue weighted by Crippen LogP contribution is -2.15. The lowest BCUT2D eigenvalue weighted by atomic mass is 10.1. The first kappa shape index (κ1) is 25.5. The van der Waals surface area contributed by atoms with Crippen molar-refractivity contribution in [2.24, 2.45) is 11.4 Å². The highest BCUT2D eigenvalue weighted by atomic mass is 32.2. The minimum Gasteiger partial charge on any atom is -0.395 e. The minimum absolute atomic E-state index is 0.0475. The summed E-state index contributed by atoms with van der Waals surface area (Å²) in [5, 5.41) is 18.7. The number of hydrogen-bond acceptors (Lipinski definition) is 6. The topological polar surface area (TPSA) is 115 Å². The van der Waals surface area contributed by atoms with Crippen molar-refractivity contribution < 1.29 is 27.3 Å². The Morgan fingerprint density at radius 3 is 2.53 bits per heavy atom. The molecule has 0 radical (unpaired) electrons. The number of benzene rings is 2. The second-order valence-electron chi connectivity index (χ2n) is 8.58. The van der Waals surface area contributed by atoms with E-state index >= 15 is 0 Å². The second kappa shape index (κ2) is 9.65. The Morgan fingerprint density at radius 1 is 1.11 bits per heavy atom. The minimum atomic E-state index is -4.47. The van der Waals surface area contributed by atoms with Gasteiger partial charge in [-0.15, -0.1) is 5.10 Å². The van der Waals surface area contributed by atoms with Crippen LogP contribution < -0.4 is 0 Å². The molecule has 0 saturated carbocycles. The number of aryl methyl sites for hydroxylation is 1. The molecule has 1 atom stereocenters. The largest absolute Gasteiger partial charge is 0.416 e. The lowest BCUT2D eigenvalue weighted by Gasteiger charge is -2.10. The molecule has 3 heterocycles. The van der Waals surface area contributed by atoms with E-state index in [2.05, 4.69) is 19.5 Å². The van der Waals surface area contributed by atoms with Crippen molar-refractivity contribution in [2.75, 3.05) is 12.4 Å². The van der Waals surface area contributed by atoms with E-state index in [0.717, 1.165) is 12.1 Å². The quantitative estimate of drug-likeness (QED) is 0.345. The fraction of sp³-hybridized carbons (Fsp3) is 0.200. The molecular weight excluding hydrogens is 521 g/mol. The number of rotatable bonds is 6. The highest BCUT2D eigenvalue weighted by Crippen LogP contribution is 2.33. The summed E-state index contributed by atoms with van der Waals surface area (Å²) in [6, 6.07) is 12.7. The van der Waals surface area contributed by atoms with Crippen LogP contribution in [0.4, 0.5) is 13.2 Å². The van der Waals surface area contributed by atoms with Crippen LogP contribution >= 0.6 is 0 Å². The number of pyridine rings is 1. The molecule has 38 heavy (non-hydrogen) atoms. The molecular formula is C25H21F3N6O3S. The van der Waals surface area contributed by atoms with Crippen LogP contribution in [0.3, 0.4) is 0 Å². The summed E-state index contributed by atoms with van der Waals surface area (Å²) < 4.78 is 58.3. The monoisotopic (exact) mass is 542 g/mol. The van der Waals surface area contributed by atoms with Crippen LogP contribution in [-0.4, -0.2) is 52.1 Å². The molecule has 0 aliphatic heterocycles. The Hall–Kier alpha value is -4.10. The number of carbonyl (C=O) groups is 1. The van der Waals surface area contributed by atoms with Gasteiger partial charge in [0.1, 0.15) is 5.52 Å². The van der Waals surface area contributed by atoms with Gasteiger partial charge in [0, 0.05) is 36.1 Å². The van der Waals surface area contributed by atoms with Gasteiger partial charge in [-0.05, 0) is 54.1 Å². The number of fused-ring (bicyclic) bond motifs is 3. The Morgan fingerprint density at radius 2 is 1.87 bits per heavy atom. The number of nitrogens with zero attached hydrogens (tertiary/aromatic N) is 6. The van der Waals surface area contributed by atoms with Gasteiger partial charge in [0.05, 0.1) is 38.9 Å². The van der Waals surface area contributed by atoms with Crippen LogP contribution in [0.2, 0.25) is 0 Å². The average molecular weight is 543 g/mol. The van der Waals surface area contributed by atoms with E-state index < -0.39 is 34.0 Å². The normalized spacial score (nSPS) is 13.6. The van der Waals surface area contributed by atoms with Crippen LogP contribution in [-0.2, 0) is 28.7 Å². The molecule has 1 N–H and O–H groups in total. The number of hydrogen-bond donors (Lipinski definition) is 1. The van der Waals surface area contributed by atoms with Gasteiger partial charge in [0.25, 0.3) is 5.91 Å². The molecule has 0 aliphatic rings. The van der Waals surface area contributed by atoms with E-state index in [-0.39, 0.29) is 17.1 Å².